The van der Waals surface area contributed by atoms with Crippen molar-refractivity contribution in [2.24, 2.45) is 0 Å². The van der Waals surface area contributed by atoms with Gasteiger partial charge in [0.15, 0.2) is 0 Å². The monoisotopic (exact) mass is 418 g/mol. The highest BCUT2D eigenvalue weighted by Gasteiger charge is 2.30. The summed E-state index contributed by atoms with van der Waals surface area (Å²) in [4.78, 5) is 14.2. The highest BCUT2D eigenvalue weighted by Crippen LogP contribution is 2.32. The molecule has 0 N–H and O–H groups in total. The molecule has 0 aliphatic heterocycles. The van der Waals surface area contributed by atoms with Crippen molar-refractivity contribution in [1.82, 2.24) is 0 Å². The summed E-state index contributed by atoms with van der Waals surface area (Å²) >= 11 is 0. The number of carbonyl (C=O) groups excluding carboxylic acids is 1. The zero-order chi connectivity index (χ0) is 22.3. The maximum Gasteiger partial charge on any atom is 0.148 e. The lowest BCUT2D eigenvalue weighted by Crippen LogP contribution is -2.24. The Morgan fingerprint density at radius 1 is 0.531 bits per heavy atom. The second kappa shape index (κ2) is 10.2. The van der Waals surface area contributed by atoms with Crippen molar-refractivity contribution in [3.05, 3.63) is 143 Å². The highest BCUT2D eigenvalue weighted by atomic mass is 16.1. The second-order valence-corrected chi connectivity index (χ2v) is 8.71. The van der Waals surface area contributed by atoms with Crippen LogP contribution in [0.4, 0.5) is 0 Å². The van der Waals surface area contributed by atoms with Crippen molar-refractivity contribution in [3.8, 4) is 0 Å². The third-order valence-corrected chi connectivity index (χ3v) is 6.21. The molecule has 2 unspecified atom stereocenters. The molecule has 0 radical (unpaired) electrons. The van der Waals surface area contributed by atoms with Gasteiger partial charge >= 0.3 is 0 Å². The lowest BCUT2D eigenvalue weighted by atomic mass is 9.78. The Bertz CT molecular complexity index is 1030. The molecule has 1 nitrogen and oxygen atoms in total. The minimum absolute atomic E-state index is 0.187. The lowest BCUT2D eigenvalue weighted by Gasteiger charge is -2.24. The van der Waals surface area contributed by atoms with Crippen LogP contribution in [0.1, 0.15) is 45.2 Å². The van der Waals surface area contributed by atoms with Crippen LogP contribution in [0.15, 0.2) is 109 Å². The molecule has 0 bridgehead atoms. The lowest BCUT2D eigenvalue weighted by molar-refractivity contribution is -0.122. The van der Waals surface area contributed by atoms with Crippen LogP contribution in [0.25, 0.3) is 0 Å². The number of rotatable bonds is 8. The number of ketones is 1. The first kappa shape index (κ1) is 21.8. The van der Waals surface area contributed by atoms with Gasteiger partial charge in [-0.2, -0.15) is 0 Å². The van der Waals surface area contributed by atoms with E-state index in [1.807, 2.05) is 36.4 Å². The van der Waals surface area contributed by atoms with Crippen LogP contribution < -0.4 is 0 Å². The zero-order valence-corrected chi connectivity index (χ0v) is 18.9. The Morgan fingerprint density at radius 2 is 0.875 bits per heavy atom. The van der Waals surface area contributed by atoms with E-state index in [1.165, 1.54) is 22.3 Å². The third kappa shape index (κ3) is 5.42. The molecule has 32 heavy (non-hydrogen) atoms. The van der Waals surface area contributed by atoms with Gasteiger partial charge in [0.2, 0.25) is 0 Å². The molecule has 0 fully saturated rings. The number of hydrogen-bond acceptors (Lipinski definition) is 1. The first-order valence-corrected chi connectivity index (χ1v) is 11.3. The molecule has 0 aliphatic rings. The summed E-state index contributed by atoms with van der Waals surface area (Å²) in [7, 11) is 0. The molecule has 0 heterocycles. The molecule has 0 amide bonds. The Hall–Kier alpha value is -3.45. The minimum atomic E-state index is -0.187. The van der Waals surface area contributed by atoms with E-state index in [1.54, 1.807) is 0 Å². The van der Waals surface area contributed by atoms with E-state index in [4.69, 9.17) is 0 Å². The van der Waals surface area contributed by atoms with Gasteiger partial charge in [-0.05, 0) is 48.9 Å². The van der Waals surface area contributed by atoms with E-state index in [-0.39, 0.29) is 17.6 Å². The van der Waals surface area contributed by atoms with Gasteiger partial charge in [-0.1, -0.05) is 120 Å². The van der Waals surface area contributed by atoms with E-state index in [0.717, 1.165) is 11.1 Å². The maximum absolute atomic E-state index is 14.2. The van der Waals surface area contributed by atoms with Crippen molar-refractivity contribution >= 4 is 5.78 Å². The average molecular weight is 419 g/mol. The van der Waals surface area contributed by atoms with Gasteiger partial charge < -0.3 is 0 Å². The molecule has 0 saturated carbocycles. The summed E-state index contributed by atoms with van der Waals surface area (Å²) in [5, 5.41) is 0. The molecule has 4 aromatic carbocycles. The van der Waals surface area contributed by atoms with Crippen molar-refractivity contribution in [2.45, 2.75) is 38.5 Å². The minimum Gasteiger partial charge on any atom is -0.298 e. The molecule has 4 aromatic rings. The molecule has 160 valence electrons. The first-order valence-electron chi connectivity index (χ1n) is 11.3. The Balaban J connectivity index is 1.73. The zero-order valence-electron chi connectivity index (χ0n) is 18.9. The molecular formula is C31H30O. The fraction of sp³-hybridized carbons (Fsp3) is 0.194. The largest absolute Gasteiger partial charge is 0.298 e. The summed E-state index contributed by atoms with van der Waals surface area (Å²) in [5.74, 6) is -0.0913. The Kier molecular flexibility index (Phi) is 6.97. The molecular weight excluding hydrogens is 388 g/mol. The summed E-state index contributed by atoms with van der Waals surface area (Å²) < 4.78 is 0. The highest BCUT2D eigenvalue weighted by molar-refractivity contribution is 5.92. The van der Waals surface area contributed by atoms with Gasteiger partial charge in [0, 0.05) is 11.8 Å². The quantitative estimate of drug-likeness (QED) is 0.295. The van der Waals surface area contributed by atoms with Crippen molar-refractivity contribution in [1.29, 1.82) is 0 Å². The number of benzene rings is 4. The van der Waals surface area contributed by atoms with Crippen LogP contribution >= 0.6 is 0 Å². The Labute approximate surface area is 191 Å². The van der Waals surface area contributed by atoms with Gasteiger partial charge in [0.05, 0.1) is 0 Å². The fourth-order valence-electron chi connectivity index (χ4n) is 4.31. The van der Waals surface area contributed by atoms with Gasteiger partial charge in [-0.25, -0.2) is 0 Å². The number of Topliss-reactive ketones (excluding diaryl/α,β-unsaturated/α-hetero) is 1. The van der Waals surface area contributed by atoms with Crippen LogP contribution in [-0.2, 0) is 17.6 Å². The normalized spacial score (nSPS) is 12.8. The second-order valence-electron chi connectivity index (χ2n) is 8.71. The maximum atomic E-state index is 14.2. The van der Waals surface area contributed by atoms with Gasteiger partial charge in [0.1, 0.15) is 5.78 Å². The topological polar surface area (TPSA) is 17.1 Å². The van der Waals surface area contributed by atoms with E-state index in [2.05, 4.69) is 86.6 Å². The van der Waals surface area contributed by atoms with Crippen LogP contribution in [0.2, 0.25) is 0 Å². The molecule has 0 saturated heterocycles. The van der Waals surface area contributed by atoms with Gasteiger partial charge in [0.25, 0.3) is 0 Å². The Morgan fingerprint density at radius 3 is 1.22 bits per heavy atom. The summed E-state index contributed by atoms with van der Waals surface area (Å²) in [6.45, 7) is 4.17. The first-order chi connectivity index (χ1) is 15.6. The number of carbonyl (C=O) groups is 1. The van der Waals surface area contributed by atoms with Crippen LogP contribution in [-0.4, -0.2) is 5.78 Å². The van der Waals surface area contributed by atoms with E-state index in [9.17, 15) is 4.79 Å². The van der Waals surface area contributed by atoms with Crippen LogP contribution in [0, 0.1) is 13.8 Å². The predicted molar refractivity (Wildman–Crippen MR) is 133 cm³/mol. The smallest absolute Gasteiger partial charge is 0.148 e. The van der Waals surface area contributed by atoms with Crippen molar-refractivity contribution in [3.63, 3.8) is 0 Å². The van der Waals surface area contributed by atoms with E-state index < -0.39 is 0 Å². The number of aryl methyl sites for hydroxylation is 2. The van der Waals surface area contributed by atoms with Crippen LogP contribution in [0.5, 0.6) is 0 Å². The summed E-state index contributed by atoms with van der Waals surface area (Å²) in [6.07, 6.45) is 1.42. The summed E-state index contributed by atoms with van der Waals surface area (Å²) in [6, 6.07) is 37.6. The van der Waals surface area contributed by atoms with Crippen molar-refractivity contribution in [2.75, 3.05) is 0 Å². The van der Waals surface area contributed by atoms with E-state index in [0.29, 0.717) is 12.8 Å². The molecule has 1 heteroatoms. The van der Waals surface area contributed by atoms with Crippen molar-refractivity contribution < 1.29 is 4.79 Å². The average Bonchev–Trinajstić information content (AvgIpc) is 2.83. The third-order valence-electron chi connectivity index (χ3n) is 6.21. The standard InChI is InChI=1S/C31H30O/c1-23-13-17-27(18-14-23)29(21-25-9-5-3-6-10-25)31(32)30(22-26-11-7-4-8-12-26)28-19-15-24(2)16-20-28/h3-20,29-30H,21-22H2,1-2H3. The van der Waals surface area contributed by atoms with Gasteiger partial charge in [-0.3, -0.25) is 4.79 Å². The molecule has 0 aromatic heterocycles. The molecule has 0 aliphatic carbocycles. The van der Waals surface area contributed by atoms with Gasteiger partial charge in [-0.15, -0.1) is 0 Å². The number of hydrogen-bond donors (Lipinski definition) is 0. The van der Waals surface area contributed by atoms with Crippen LogP contribution in [0.3, 0.4) is 0 Å². The summed E-state index contributed by atoms with van der Waals surface area (Å²) in [5.41, 5.74) is 6.98. The molecule has 4 rings (SSSR count). The SMILES string of the molecule is Cc1ccc(C(Cc2ccccc2)C(=O)C(Cc2ccccc2)c2ccc(C)cc2)cc1. The molecule has 0 spiro atoms. The van der Waals surface area contributed by atoms with E-state index >= 15 is 0 Å². The molecule has 2 atom stereocenters. The fourth-order valence-corrected chi connectivity index (χ4v) is 4.31. The predicted octanol–water partition coefficient (Wildman–Crippen LogP) is 7.23.